The Morgan fingerprint density at radius 2 is 1.91 bits per heavy atom. The summed E-state index contributed by atoms with van der Waals surface area (Å²) in [6.07, 6.45) is 1.73. The average Bonchev–Trinajstić information content (AvgIpc) is 2.81. The Bertz CT molecular complexity index is 938. The monoisotopic (exact) mass is 296 g/mol. The lowest BCUT2D eigenvalue weighted by atomic mass is 10.0. The molecule has 2 aromatic heterocycles. The molecule has 0 saturated carbocycles. The molecule has 3 aromatic rings. The van der Waals surface area contributed by atoms with Gasteiger partial charge in [0.25, 0.3) is 0 Å². The van der Waals surface area contributed by atoms with Crippen molar-refractivity contribution in [1.29, 1.82) is 0 Å². The van der Waals surface area contributed by atoms with E-state index in [0.29, 0.717) is 16.7 Å². The molecule has 0 aliphatic rings. The van der Waals surface area contributed by atoms with Gasteiger partial charge in [0.2, 0.25) is 5.91 Å². The highest BCUT2D eigenvalue weighted by Crippen LogP contribution is 2.32. The summed E-state index contributed by atoms with van der Waals surface area (Å²) in [5, 5.41) is 1.82. The predicted octanol–water partition coefficient (Wildman–Crippen LogP) is 3.25. The largest absolute Gasteiger partial charge is 0.465 e. The summed E-state index contributed by atoms with van der Waals surface area (Å²) < 4.78 is 6.37. The summed E-state index contributed by atoms with van der Waals surface area (Å²) in [6, 6.07) is 5.58. The van der Waals surface area contributed by atoms with Crippen molar-refractivity contribution in [2.75, 3.05) is 7.11 Å². The molecule has 5 nitrogen and oxygen atoms in total. The minimum absolute atomic E-state index is 0.138. The van der Waals surface area contributed by atoms with Crippen LogP contribution in [0, 0.1) is 13.8 Å². The van der Waals surface area contributed by atoms with Gasteiger partial charge in [-0.15, -0.1) is 0 Å². The van der Waals surface area contributed by atoms with Gasteiger partial charge in [-0.2, -0.15) is 0 Å². The van der Waals surface area contributed by atoms with Crippen molar-refractivity contribution >= 4 is 33.8 Å². The molecule has 5 heteroatoms. The van der Waals surface area contributed by atoms with Gasteiger partial charge in [0.05, 0.1) is 18.2 Å². The van der Waals surface area contributed by atoms with E-state index >= 15 is 0 Å². The molecule has 0 aliphatic carbocycles. The van der Waals surface area contributed by atoms with E-state index in [1.54, 1.807) is 16.8 Å². The number of hydrogen-bond acceptors (Lipinski definition) is 4. The molecule has 2 heterocycles. The number of pyridine rings is 1. The topological polar surface area (TPSA) is 61.2 Å². The molecule has 0 unspecified atom stereocenters. The van der Waals surface area contributed by atoms with Gasteiger partial charge in [-0.1, -0.05) is 6.07 Å². The molecule has 0 radical (unpaired) electrons. The van der Waals surface area contributed by atoms with Gasteiger partial charge in [0.1, 0.15) is 5.65 Å². The molecule has 0 fully saturated rings. The average molecular weight is 296 g/mol. The van der Waals surface area contributed by atoms with Gasteiger partial charge >= 0.3 is 5.97 Å². The van der Waals surface area contributed by atoms with E-state index < -0.39 is 5.97 Å². The predicted molar refractivity (Wildman–Crippen MR) is 84.4 cm³/mol. The number of methoxy groups -OCH3 is 1. The second-order valence-electron chi connectivity index (χ2n) is 5.36. The lowest BCUT2D eigenvalue weighted by molar-refractivity contribution is 0.0599. The van der Waals surface area contributed by atoms with Crippen LogP contribution in [0.4, 0.5) is 0 Å². The second kappa shape index (κ2) is 4.94. The highest BCUT2D eigenvalue weighted by molar-refractivity contribution is 6.14. The van der Waals surface area contributed by atoms with Crippen LogP contribution in [0.25, 0.3) is 21.9 Å². The fourth-order valence-electron chi connectivity index (χ4n) is 2.89. The lowest BCUT2D eigenvalue weighted by Gasteiger charge is -2.08. The van der Waals surface area contributed by atoms with E-state index in [2.05, 4.69) is 4.98 Å². The van der Waals surface area contributed by atoms with Gasteiger partial charge in [-0.05, 0) is 37.1 Å². The number of aromatic nitrogens is 2. The van der Waals surface area contributed by atoms with Crippen molar-refractivity contribution < 1.29 is 14.3 Å². The number of fused-ring (bicyclic) bond motifs is 3. The third-order valence-electron chi connectivity index (χ3n) is 3.88. The molecule has 22 heavy (non-hydrogen) atoms. The summed E-state index contributed by atoms with van der Waals surface area (Å²) >= 11 is 0. The van der Waals surface area contributed by atoms with Crippen molar-refractivity contribution in [3.63, 3.8) is 0 Å². The Morgan fingerprint density at radius 1 is 1.18 bits per heavy atom. The summed E-state index contributed by atoms with van der Waals surface area (Å²) in [7, 11) is 1.34. The molecular formula is C17H16N2O3. The number of nitrogens with zero attached hydrogens (tertiary/aromatic N) is 2. The third kappa shape index (κ3) is 1.89. The van der Waals surface area contributed by atoms with Crippen LogP contribution in [0.5, 0.6) is 0 Å². The van der Waals surface area contributed by atoms with E-state index in [1.807, 2.05) is 26.0 Å². The maximum absolute atomic E-state index is 12.1. The highest BCUT2D eigenvalue weighted by Gasteiger charge is 2.20. The van der Waals surface area contributed by atoms with E-state index in [4.69, 9.17) is 4.74 Å². The van der Waals surface area contributed by atoms with Crippen LogP contribution >= 0.6 is 0 Å². The molecule has 1 aromatic carbocycles. The minimum atomic E-state index is -0.413. The molecule has 112 valence electrons. The summed E-state index contributed by atoms with van der Waals surface area (Å²) in [4.78, 5) is 28.4. The SMILES string of the molecule is COC(=O)c1ccc2c3cc(C)cnc3n(C(C)=O)c2c1C. The zero-order chi connectivity index (χ0) is 16.0. The normalized spacial score (nSPS) is 11.1. The molecule has 0 atom stereocenters. The van der Waals surface area contributed by atoms with Crippen LogP contribution in [0.15, 0.2) is 24.4 Å². The van der Waals surface area contributed by atoms with Crippen molar-refractivity contribution in [3.05, 3.63) is 41.1 Å². The zero-order valence-electron chi connectivity index (χ0n) is 12.9. The first-order chi connectivity index (χ1) is 10.5. The minimum Gasteiger partial charge on any atom is -0.465 e. The number of hydrogen-bond donors (Lipinski definition) is 0. The first-order valence-corrected chi connectivity index (χ1v) is 6.95. The Labute approximate surface area is 127 Å². The number of rotatable bonds is 1. The number of aryl methyl sites for hydroxylation is 2. The second-order valence-corrected chi connectivity index (χ2v) is 5.36. The first kappa shape index (κ1) is 14.3. The van der Waals surface area contributed by atoms with E-state index in [-0.39, 0.29) is 5.91 Å². The first-order valence-electron chi connectivity index (χ1n) is 6.95. The molecule has 0 aliphatic heterocycles. The quantitative estimate of drug-likeness (QED) is 0.647. The maximum atomic E-state index is 12.1. The van der Waals surface area contributed by atoms with Crippen LogP contribution in [0.1, 0.15) is 33.2 Å². The maximum Gasteiger partial charge on any atom is 0.338 e. The molecule has 0 saturated heterocycles. The van der Waals surface area contributed by atoms with Gasteiger partial charge in [0.15, 0.2) is 0 Å². The highest BCUT2D eigenvalue weighted by atomic mass is 16.5. The summed E-state index contributed by atoms with van der Waals surface area (Å²) in [5.74, 6) is -0.551. The van der Waals surface area contributed by atoms with Crippen molar-refractivity contribution in [2.45, 2.75) is 20.8 Å². The lowest BCUT2D eigenvalue weighted by Crippen LogP contribution is -2.09. The molecule has 0 amide bonds. The summed E-state index contributed by atoms with van der Waals surface area (Å²) in [5.41, 5.74) is 3.51. The van der Waals surface area contributed by atoms with Gasteiger partial charge in [0, 0.05) is 23.9 Å². The van der Waals surface area contributed by atoms with Gasteiger partial charge in [-0.3, -0.25) is 9.36 Å². The fraction of sp³-hybridized carbons (Fsp3) is 0.235. The van der Waals surface area contributed by atoms with Crippen molar-refractivity contribution in [3.8, 4) is 0 Å². The van der Waals surface area contributed by atoms with Crippen LogP contribution < -0.4 is 0 Å². The van der Waals surface area contributed by atoms with Crippen LogP contribution in [-0.4, -0.2) is 28.5 Å². The Morgan fingerprint density at radius 3 is 2.55 bits per heavy atom. The van der Waals surface area contributed by atoms with Crippen molar-refractivity contribution in [2.24, 2.45) is 0 Å². The Balaban J connectivity index is 2.54. The molecule has 0 N–H and O–H groups in total. The van der Waals surface area contributed by atoms with E-state index in [1.165, 1.54) is 14.0 Å². The summed E-state index contributed by atoms with van der Waals surface area (Å²) in [6.45, 7) is 5.27. The Kier molecular flexibility index (Phi) is 3.20. The van der Waals surface area contributed by atoms with E-state index in [9.17, 15) is 9.59 Å². The molecule has 3 rings (SSSR count). The smallest absolute Gasteiger partial charge is 0.338 e. The standard InChI is InChI=1S/C17H16N2O3/c1-9-7-14-13-6-5-12(17(21)22-4)10(2)15(13)19(11(3)20)16(14)18-8-9/h5-8H,1-4H3. The fourth-order valence-corrected chi connectivity index (χ4v) is 2.89. The molecule has 0 bridgehead atoms. The number of carbonyl (C=O) groups excluding carboxylic acids is 2. The molecule has 0 spiro atoms. The van der Waals surface area contributed by atoms with Crippen LogP contribution in [-0.2, 0) is 4.74 Å². The number of carbonyl (C=O) groups is 2. The zero-order valence-corrected chi connectivity index (χ0v) is 12.9. The number of esters is 1. The van der Waals surface area contributed by atoms with Crippen molar-refractivity contribution in [1.82, 2.24) is 9.55 Å². The number of ether oxygens (including phenoxy) is 1. The van der Waals surface area contributed by atoms with E-state index in [0.717, 1.165) is 21.9 Å². The van der Waals surface area contributed by atoms with Crippen LogP contribution in [0.2, 0.25) is 0 Å². The van der Waals surface area contributed by atoms with Gasteiger partial charge in [-0.25, -0.2) is 9.78 Å². The number of benzene rings is 1. The third-order valence-corrected chi connectivity index (χ3v) is 3.88. The van der Waals surface area contributed by atoms with Gasteiger partial charge < -0.3 is 4.74 Å². The molecular weight excluding hydrogens is 280 g/mol. The van der Waals surface area contributed by atoms with Crippen LogP contribution in [0.3, 0.4) is 0 Å². The Hall–Kier alpha value is -2.69.